The number of hydrogen-bond donors (Lipinski definition) is 1. The van der Waals surface area contributed by atoms with Crippen LogP contribution in [0.1, 0.15) is 24.6 Å². The van der Waals surface area contributed by atoms with Gasteiger partial charge in [0.1, 0.15) is 10.7 Å². The lowest BCUT2D eigenvalue weighted by molar-refractivity contribution is 0.549. The molecule has 2 aromatic heterocycles. The molecule has 0 saturated heterocycles. The molecule has 0 atom stereocenters. The topological polar surface area (TPSA) is 93.9 Å². The second-order valence-electron chi connectivity index (χ2n) is 7.87. The first-order chi connectivity index (χ1) is 16.4. The van der Waals surface area contributed by atoms with E-state index < -0.39 is 10.0 Å². The molecule has 0 aliphatic rings. The van der Waals surface area contributed by atoms with Crippen LogP contribution in [0.5, 0.6) is 0 Å². The molecule has 9 heteroatoms. The number of benzene rings is 2. The predicted molar refractivity (Wildman–Crippen MR) is 135 cm³/mol. The minimum absolute atomic E-state index is 0.0480. The van der Waals surface area contributed by atoms with Gasteiger partial charge in [0, 0.05) is 18.2 Å². The normalized spacial score (nSPS) is 11.6. The number of aromatic nitrogens is 3. The van der Waals surface area contributed by atoms with E-state index in [0.717, 1.165) is 39.5 Å². The third-order valence-electron chi connectivity index (χ3n) is 5.30. The van der Waals surface area contributed by atoms with Gasteiger partial charge in [-0.2, -0.15) is 5.10 Å². The molecule has 34 heavy (non-hydrogen) atoms. The van der Waals surface area contributed by atoms with E-state index in [4.69, 9.17) is 0 Å². The fraction of sp³-hybridized carbons (Fsp3) is 0.240. The number of nitrogens with one attached hydrogen (secondary N) is 1. The molecule has 0 unspecified atom stereocenters. The van der Waals surface area contributed by atoms with Crippen LogP contribution in [0.4, 0.5) is 0 Å². The molecule has 1 N–H and O–H groups in total. The molecule has 0 bridgehead atoms. The molecule has 0 radical (unpaired) electrons. The summed E-state index contributed by atoms with van der Waals surface area (Å²) < 4.78 is 29.1. The molecule has 176 valence electrons. The number of aryl methyl sites for hydroxylation is 2. The molecule has 7 nitrogen and oxygen atoms in total. The number of sulfonamides is 1. The first-order valence-electron chi connectivity index (χ1n) is 11.1. The van der Waals surface area contributed by atoms with E-state index in [9.17, 15) is 13.2 Å². The third-order valence-corrected chi connectivity index (χ3v) is 8.01. The smallest absolute Gasteiger partial charge is 0.266 e. The third kappa shape index (κ3) is 5.49. The van der Waals surface area contributed by atoms with Crippen LogP contribution in [-0.2, 0) is 23.0 Å². The van der Waals surface area contributed by atoms with E-state index in [0.29, 0.717) is 5.69 Å². The van der Waals surface area contributed by atoms with Crippen LogP contribution < -0.4 is 10.3 Å². The molecule has 0 aliphatic carbocycles. The molecule has 2 aromatic carbocycles. The number of hydrogen-bond acceptors (Lipinski definition) is 6. The minimum Gasteiger partial charge on any atom is -0.268 e. The van der Waals surface area contributed by atoms with Gasteiger partial charge in [-0.25, -0.2) is 22.8 Å². The molecule has 4 aromatic rings. The van der Waals surface area contributed by atoms with Crippen LogP contribution in [0.3, 0.4) is 0 Å². The zero-order valence-electron chi connectivity index (χ0n) is 19.1. The molecule has 0 saturated carbocycles. The van der Waals surface area contributed by atoms with Crippen molar-refractivity contribution < 1.29 is 8.42 Å². The fourth-order valence-electron chi connectivity index (χ4n) is 3.56. The van der Waals surface area contributed by atoms with Crippen LogP contribution in [0.15, 0.2) is 76.4 Å². The summed E-state index contributed by atoms with van der Waals surface area (Å²) in [5, 5.41) is 5.35. The van der Waals surface area contributed by atoms with Crippen molar-refractivity contribution in [3.63, 3.8) is 0 Å². The fourth-order valence-corrected chi connectivity index (χ4v) is 5.62. The number of nitrogens with zero attached hydrogens (tertiary/aromatic N) is 3. The van der Waals surface area contributed by atoms with Gasteiger partial charge < -0.3 is 0 Å². The SMILES string of the molecule is CCCc1ccc(S(=O)(=O)NCCn2nc(-c3sc(-c4ccccc4)nc3C)ccc2=O)cc1. The molecular weight excluding hydrogens is 468 g/mol. The van der Waals surface area contributed by atoms with Crippen molar-refractivity contribution in [3.05, 3.63) is 88.3 Å². The second-order valence-corrected chi connectivity index (χ2v) is 10.6. The highest BCUT2D eigenvalue weighted by molar-refractivity contribution is 7.89. The number of thiazole rings is 1. The van der Waals surface area contributed by atoms with Crippen molar-refractivity contribution in [2.45, 2.75) is 38.1 Å². The van der Waals surface area contributed by atoms with Crippen molar-refractivity contribution in [1.29, 1.82) is 0 Å². The van der Waals surface area contributed by atoms with Crippen LogP contribution in [0.2, 0.25) is 0 Å². The highest BCUT2D eigenvalue weighted by Crippen LogP contribution is 2.33. The van der Waals surface area contributed by atoms with Gasteiger partial charge in [0.05, 0.1) is 22.0 Å². The molecule has 4 rings (SSSR count). The Morgan fingerprint density at radius 3 is 2.44 bits per heavy atom. The Bertz CT molecular complexity index is 1430. The quantitative estimate of drug-likeness (QED) is 0.375. The van der Waals surface area contributed by atoms with E-state index in [1.54, 1.807) is 18.2 Å². The largest absolute Gasteiger partial charge is 0.268 e. The summed E-state index contributed by atoms with van der Waals surface area (Å²) >= 11 is 1.51. The molecule has 2 heterocycles. The van der Waals surface area contributed by atoms with Gasteiger partial charge >= 0.3 is 0 Å². The number of rotatable bonds is 9. The summed E-state index contributed by atoms with van der Waals surface area (Å²) in [6, 6.07) is 19.9. The van der Waals surface area contributed by atoms with Crippen molar-refractivity contribution in [1.82, 2.24) is 19.5 Å². The van der Waals surface area contributed by atoms with Crippen molar-refractivity contribution >= 4 is 21.4 Å². The highest BCUT2D eigenvalue weighted by atomic mass is 32.2. The Morgan fingerprint density at radius 2 is 1.74 bits per heavy atom. The van der Waals surface area contributed by atoms with Gasteiger partial charge in [-0.05, 0) is 37.1 Å². The average molecular weight is 495 g/mol. The van der Waals surface area contributed by atoms with Gasteiger partial charge in [-0.3, -0.25) is 4.79 Å². The zero-order chi connectivity index (χ0) is 24.1. The van der Waals surface area contributed by atoms with Gasteiger partial charge in [-0.1, -0.05) is 55.8 Å². The summed E-state index contributed by atoms with van der Waals surface area (Å²) in [5.41, 5.74) is 3.28. The van der Waals surface area contributed by atoms with Crippen molar-refractivity contribution in [3.8, 4) is 21.1 Å². The highest BCUT2D eigenvalue weighted by Gasteiger charge is 2.15. The lowest BCUT2D eigenvalue weighted by atomic mass is 10.1. The summed E-state index contributed by atoms with van der Waals surface area (Å²) in [6.07, 6.45) is 1.91. The Balaban J connectivity index is 1.48. The van der Waals surface area contributed by atoms with E-state index in [-0.39, 0.29) is 23.5 Å². The van der Waals surface area contributed by atoms with E-state index in [2.05, 4.69) is 21.7 Å². The molecule has 0 aliphatic heterocycles. The summed E-state index contributed by atoms with van der Waals surface area (Å²) in [5.74, 6) is 0. The minimum atomic E-state index is -3.67. The summed E-state index contributed by atoms with van der Waals surface area (Å²) in [7, 11) is -3.67. The maximum atomic E-state index is 12.6. The first kappa shape index (κ1) is 24.0. The lowest BCUT2D eigenvalue weighted by Crippen LogP contribution is -2.32. The van der Waals surface area contributed by atoms with Crippen LogP contribution >= 0.6 is 11.3 Å². The molecule has 0 fully saturated rings. The maximum Gasteiger partial charge on any atom is 0.266 e. The van der Waals surface area contributed by atoms with E-state index in [1.807, 2.05) is 49.4 Å². The summed E-state index contributed by atoms with van der Waals surface area (Å²) in [6.45, 7) is 4.15. The van der Waals surface area contributed by atoms with Gasteiger partial charge in [0.15, 0.2) is 0 Å². The van der Waals surface area contributed by atoms with Gasteiger partial charge in [0.2, 0.25) is 10.0 Å². The van der Waals surface area contributed by atoms with E-state index in [1.165, 1.54) is 22.1 Å². The van der Waals surface area contributed by atoms with Crippen LogP contribution in [-0.4, -0.2) is 29.7 Å². The first-order valence-corrected chi connectivity index (χ1v) is 13.4. The maximum absolute atomic E-state index is 12.6. The molecular formula is C25H26N4O3S2. The monoisotopic (exact) mass is 494 g/mol. The Hall–Kier alpha value is -3.14. The average Bonchev–Trinajstić information content (AvgIpc) is 3.23. The van der Waals surface area contributed by atoms with Crippen molar-refractivity contribution in [2.75, 3.05) is 6.54 Å². The lowest BCUT2D eigenvalue weighted by Gasteiger charge is -2.09. The van der Waals surface area contributed by atoms with Gasteiger partial charge in [-0.15, -0.1) is 11.3 Å². The van der Waals surface area contributed by atoms with Crippen LogP contribution in [0.25, 0.3) is 21.1 Å². The predicted octanol–water partition coefficient (Wildman–Crippen LogP) is 4.27. The van der Waals surface area contributed by atoms with Crippen LogP contribution in [0, 0.1) is 6.92 Å². The van der Waals surface area contributed by atoms with E-state index >= 15 is 0 Å². The summed E-state index contributed by atoms with van der Waals surface area (Å²) in [4.78, 5) is 18.1. The Labute approximate surface area is 203 Å². The second kappa shape index (κ2) is 10.4. The molecule has 0 spiro atoms. The Kier molecular flexibility index (Phi) is 7.35. The zero-order valence-corrected chi connectivity index (χ0v) is 20.7. The van der Waals surface area contributed by atoms with Crippen molar-refractivity contribution in [2.24, 2.45) is 0 Å². The standard InChI is InChI=1S/C25H26N4O3S2/c1-3-7-19-10-12-21(13-11-19)34(31,32)26-16-17-29-23(30)15-14-22(28-29)24-18(2)27-25(33-24)20-8-5-4-6-9-20/h4-6,8-15,26H,3,7,16-17H2,1-2H3. The Morgan fingerprint density at radius 1 is 1.00 bits per heavy atom. The van der Waals surface area contributed by atoms with Gasteiger partial charge in [0.25, 0.3) is 5.56 Å². The molecule has 0 amide bonds.